The van der Waals surface area contributed by atoms with Crippen molar-refractivity contribution in [2.75, 3.05) is 0 Å². The smallest absolute Gasteiger partial charge is 0.257 e. The van der Waals surface area contributed by atoms with Crippen LogP contribution in [0.25, 0.3) is 10.9 Å². The molecule has 0 radical (unpaired) electrons. The minimum atomic E-state index is -0.351. The number of nitrogens with one attached hydrogen (secondary N) is 1. The number of amides is 1. The zero-order chi connectivity index (χ0) is 16.7. The van der Waals surface area contributed by atoms with E-state index in [0.29, 0.717) is 11.9 Å². The van der Waals surface area contributed by atoms with Gasteiger partial charge < -0.3 is 9.88 Å². The lowest BCUT2D eigenvalue weighted by atomic mass is 10.1. The number of aromatic nitrogens is 4. The van der Waals surface area contributed by atoms with Gasteiger partial charge in [0, 0.05) is 24.2 Å². The molecule has 7 heteroatoms. The number of benzene rings is 1. The molecule has 3 heterocycles. The minimum Gasteiger partial charge on any atom is -0.348 e. The summed E-state index contributed by atoms with van der Waals surface area (Å²) in [4.78, 5) is 29.1. The van der Waals surface area contributed by atoms with Gasteiger partial charge in [0.1, 0.15) is 18.2 Å². The maximum absolute atomic E-state index is 12.7. The Morgan fingerprint density at radius 3 is 3.08 bits per heavy atom. The molecule has 0 aliphatic carbocycles. The number of para-hydroxylation sites is 1. The van der Waals surface area contributed by atoms with Crippen molar-refractivity contribution in [2.45, 2.75) is 32.5 Å². The third kappa shape index (κ3) is 2.38. The summed E-state index contributed by atoms with van der Waals surface area (Å²) in [6.07, 6.45) is 5.61. The van der Waals surface area contributed by atoms with E-state index in [1.807, 2.05) is 23.6 Å². The predicted octanol–water partition coefficient (Wildman–Crippen LogP) is 0.968. The molecule has 3 aromatic rings. The molecule has 1 amide bonds. The average molecular weight is 323 g/mol. The summed E-state index contributed by atoms with van der Waals surface area (Å²) in [5.41, 5.74) is 2.09. The van der Waals surface area contributed by atoms with E-state index in [9.17, 15) is 9.59 Å². The summed E-state index contributed by atoms with van der Waals surface area (Å²) in [5.74, 6) is -0.351. The molecule has 0 spiro atoms. The van der Waals surface area contributed by atoms with Crippen LogP contribution in [0.1, 0.15) is 22.8 Å². The van der Waals surface area contributed by atoms with Crippen LogP contribution in [0.3, 0.4) is 0 Å². The first-order chi connectivity index (χ1) is 11.6. The van der Waals surface area contributed by atoms with Gasteiger partial charge >= 0.3 is 0 Å². The predicted molar refractivity (Wildman–Crippen MR) is 88.9 cm³/mol. The van der Waals surface area contributed by atoms with Gasteiger partial charge in [-0.2, -0.15) is 5.10 Å². The number of aryl methyl sites for hydroxylation is 2. The second-order valence-electron chi connectivity index (χ2n) is 6.12. The second kappa shape index (κ2) is 5.59. The molecule has 4 rings (SSSR count). The van der Waals surface area contributed by atoms with Gasteiger partial charge in [0.2, 0.25) is 5.43 Å². The highest BCUT2D eigenvalue weighted by molar-refractivity contribution is 5.98. The molecule has 1 atom stereocenters. The Bertz CT molecular complexity index is 975. The van der Waals surface area contributed by atoms with Gasteiger partial charge in [-0.1, -0.05) is 12.1 Å². The van der Waals surface area contributed by atoms with E-state index < -0.39 is 0 Å². The molecule has 1 aliphatic rings. The molecular weight excluding hydrogens is 306 g/mol. The molecule has 0 fully saturated rings. The van der Waals surface area contributed by atoms with Gasteiger partial charge in [0.15, 0.2) is 0 Å². The lowest BCUT2D eigenvalue weighted by Gasteiger charge is -2.14. The maximum Gasteiger partial charge on any atom is 0.257 e. The van der Waals surface area contributed by atoms with Gasteiger partial charge in [-0.3, -0.25) is 14.3 Å². The summed E-state index contributed by atoms with van der Waals surface area (Å²) >= 11 is 0. The summed E-state index contributed by atoms with van der Waals surface area (Å²) in [6.45, 7) is 3.16. The summed E-state index contributed by atoms with van der Waals surface area (Å²) in [5, 5.41) is 7.50. The standard InChI is InChI=1S/C17H17N5O2/c1-11(7-22-10-18-9-19-22)20-17(24)14-8-21-6-5-12-3-2-4-13(15(12)21)16(14)23/h2-4,8-11H,5-7H2,1H3,(H,20,24). The maximum atomic E-state index is 12.7. The van der Waals surface area contributed by atoms with Crippen LogP contribution in [-0.4, -0.2) is 31.3 Å². The van der Waals surface area contributed by atoms with Crippen LogP contribution < -0.4 is 10.7 Å². The van der Waals surface area contributed by atoms with Gasteiger partial charge in [-0.15, -0.1) is 0 Å². The highest BCUT2D eigenvalue weighted by atomic mass is 16.2. The van der Waals surface area contributed by atoms with Crippen LogP contribution in [0.5, 0.6) is 0 Å². The minimum absolute atomic E-state index is 0.167. The molecule has 7 nitrogen and oxygen atoms in total. The third-order valence-electron chi connectivity index (χ3n) is 4.35. The Morgan fingerprint density at radius 2 is 2.29 bits per heavy atom. The monoisotopic (exact) mass is 323 g/mol. The first-order valence-corrected chi connectivity index (χ1v) is 7.92. The molecular formula is C17H17N5O2. The highest BCUT2D eigenvalue weighted by Crippen LogP contribution is 2.23. The van der Waals surface area contributed by atoms with Crippen LogP contribution in [-0.2, 0) is 19.5 Å². The Balaban J connectivity index is 1.64. The highest BCUT2D eigenvalue weighted by Gasteiger charge is 2.21. The molecule has 2 aromatic heterocycles. The van der Waals surface area contributed by atoms with E-state index in [-0.39, 0.29) is 22.9 Å². The fourth-order valence-electron chi connectivity index (χ4n) is 3.27. The molecule has 24 heavy (non-hydrogen) atoms. The van der Waals surface area contributed by atoms with Gasteiger partial charge in [-0.25, -0.2) is 4.98 Å². The quantitative estimate of drug-likeness (QED) is 0.775. The molecule has 1 aromatic carbocycles. The normalized spacial score (nSPS) is 14.0. The number of rotatable bonds is 4. The first-order valence-electron chi connectivity index (χ1n) is 7.92. The van der Waals surface area contributed by atoms with Crippen molar-refractivity contribution in [3.8, 4) is 0 Å². The lowest BCUT2D eigenvalue weighted by molar-refractivity contribution is 0.0934. The molecule has 0 bridgehead atoms. The summed E-state index contributed by atoms with van der Waals surface area (Å²) in [6, 6.07) is 5.53. The zero-order valence-electron chi connectivity index (χ0n) is 13.3. The summed E-state index contributed by atoms with van der Waals surface area (Å²) < 4.78 is 3.65. The van der Waals surface area contributed by atoms with E-state index >= 15 is 0 Å². The van der Waals surface area contributed by atoms with E-state index in [0.717, 1.165) is 24.0 Å². The fourth-order valence-corrected chi connectivity index (χ4v) is 3.27. The molecule has 1 unspecified atom stereocenters. The van der Waals surface area contributed by atoms with E-state index in [2.05, 4.69) is 15.4 Å². The summed E-state index contributed by atoms with van der Waals surface area (Å²) in [7, 11) is 0. The Kier molecular flexibility index (Phi) is 3.41. The van der Waals surface area contributed by atoms with Crippen LogP contribution >= 0.6 is 0 Å². The van der Waals surface area contributed by atoms with Crippen LogP contribution in [0.4, 0.5) is 0 Å². The Morgan fingerprint density at radius 1 is 1.42 bits per heavy atom. The topological polar surface area (TPSA) is 81.8 Å². The third-order valence-corrected chi connectivity index (χ3v) is 4.35. The van der Waals surface area contributed by atoms with Crippen molar-refractivity contribution in [3.63, 3.8) is 0 Å². The number of carbonyl (C=O) groups is 1. The zero-order valence-corrected chi connectivity index (χ0v) is 13.3. The number of nitrogens with zero attached hydrogens (tertiary/aromatic N) is 4. The number of pyridine rings is 1. The van der Waals surface area contributed by atoms with Crippen molar-refractivity contribution in [1.82, 2.24) is 24.6 Å². The number of carbonyl (C=O) groups excluding carboxylic acids is 1. The van der Waals surface area contributed by atoms with Crippen LogP contribution in [0.15, 0.2) is 41.8 Å². The Labute approximate surface area is 137 Å². The fraction of sp³-hybridized carbons (Fsp3) is 0.294. The molecule has 0 saturated heterocycles. The first kappa shape index (κ1) is 14.6. The van der Waals surface area contributed by atoms with Crippen molar-refractivity contribution in [1.29, 1.82) is 0 Å². The van der Waals surface area contributed by atoms with E-state index in [1.54, 1.807) is 23.3 Å². The van der Waals surface area contributed by atoms with Crippen LogP contribution in [0, 0.1) is 0 Å². The van der Waals surface area contributed by atoms with Crippen LogP contribution in [0.2, 0.25) is 0 Å². The molecule has 1 N–H and O–H groups in total. The largest absolute Gasteiger partial charge is 0.348 e. The van der Waals surface area contributed by atoms with E-state index in [4.69, 9.17) is 0 Å². The van der Waals surface area contributed by atoms with E-state index in [1.165, 1.54) is 6.33 Å². The molecule has 0 saturated carbocycles. The molecule has 122 valence electrons. The van der Waals surface area contributed by atoms with Crippen molar-refractivity contribution < 1.29 is 4.79 Å². The number of hydrogen-bond donors (Lipinski definition) is 1. The molecule has 1 aliphatic heterocycles. The van der Waals surface area contributed by atoms with Crippen molar-refractivity contribution >= 4 is 16.8 Å². The SMILES string of the molecule is CC(Cn1cncn1)NC(=O)c1cn2c3c(cccc3c1=O)CC2. The second-order valence-corrected chi connectivity index (χ2v) is 6.12. The average Bonchev–Trinajstić information content (AvgIpc) is 3.21. The van der Waals surface area contributed by atoms with Gasteiger partial charge in [0.05, 0.1) is 12.1 Å². The van der Waals surface area contributed by atoms with Gasteiger partial charge in [-0.05, 0) is 25.0 Å². The van der Waals surface area contributed by atoms with Gasteiger partial charge in [0.25, 0.3) is 5.91 Å². The number of hydrogen-bond acceptors (Lipinski definition) is 4. The lowest BCUT2D eigenvalue weighted by Crippen LogP contribution is -2.38. The van der Waals surface area contributed by atoms with Crippen molar-refractivity contribution in [3.05, 3.63) is 58.4 Å². The van der Waals surface area contributed by atoms with Crippen molar-refractivity contribution in [2.24, 2.45) is 0 Å². The Hall–Kier alpha value is -2.96.